The van der Waals surface area contributed by atoms with Crippen LogP contribution in [0.3, 0.4) is 0 Å². The molecule has 0 saturated heterocycles. The van der Waals surface area contributed by atoms with Crippen molar-refractivity contribution in [1.29, 1.82) is 0 Å². The van der Waals surface area contributed by atoms with E-state index < -0.39 is 6.37 Å². The fraction of sp³-hybridized carbons (Fsp3) is 0.500. The van der Waals surface area contributed by atoms with Gasteiger partial charge in [-0.3, -0.25) is 0 Å². The van der Waals surface area contributed by atoms with Gasteiger partial charge in [0.05, 0.1) is 0 Å². The second-order valence-electron chi connectivity index (χ2n) is 4.08. The average molecular weight is 164 g/mol. The maximum atomic E-state index is 7.57. The molecule has 0 radical (unpaired) electrons. The highest BCUT2D eigenvalue weighted by molar-refractivity contribution is 5.27. The molecule has 12 heavy (non-hydrogen) atoms. The Morgan fingerprint density at radius 2 is 1.67 bits per heavy atom. The first-order valence-corrected chi connectivity index (χ1v) is 4.32. The van der Waals surface area contributed by atoms with Crippen LogP contribution in [-0.2, 0) is 11.8 Å². The molecule has 0 aromatic heterocycles. The highest BCUT2D eigenvalue weighted by Crippen LogP contribution is 2.22. The summed E-state index contributed by atoms with van der Waals surface area (Å²) in [4.78, 5) is 0. The van der Waals surface area contributed by atoms with E-state index in [0.717, 1.165) is 5.56 Å². The van der Waals surface area contributed by atoms with E-state index in [2.05, 4.69) is 20.8 Å². The predicted molar refractivity (Wildman–Crippen MR) is 54.5 cm³/mol. The van der Waals surface area contributed by atoms with Crippen molar-refractivity contribution in [3.05, 3.63) is 35.4 Å². The summed E-state index contributed by atoms with van der Waals surface area (Å²) in [6, 6.07) is 7.77. The molecular weight excluding hydrogens is 144 g/mol. The van der Waals surface area contributed by atoms with Crippen molar-refractivity contribution < 1.29 is 2.74 Å². The average Bonchev–Trinajstić information content (AvgIpc) is 2.01. The third kappa shape index (κ3) is 2.10. The van der Waals surface area contributed by atoms with Crippen LogP contribution in [0, 0.1) is 0 Å². The molecular formula is C12H18. The Morgan fingerprint density at radius 3 is 2.00 bits per heavy atom. The molecule has 66 valence electrons. The lowest BCUT2D eigenvalue weighted by Crippen LogP contribution is -2.10. The Morgan fingerprint density at radius 1 is 1.17 bits per heavy atom. The van der Waals surface area contributed by atoms with Crippen molar-refractivity contribution >= 4 is 0 Å². The van der Waals surface area contributed by atoms with Gasteiger partial charge >= 0.3 is 0 Å². The third-order valence-electron chi connectivity index (χ3n) is 2.04. The molecule has 0 nitrogen and oxygen atoms in total. The monoisotopic (exact) mass is 164 g/mol. The summed E-state index contributed by atoms with van der Waals surface area (Å²) in [6.07, 6.45) is -1.24. The van der Waals surface area contributed by atoms with Crippen LogP contribution in [-0.4, -0.2) is 0 Å². The molecule has 0 atom stereocenters. The molecule has 0 spiro atoms. The molecule has 0 amide bonds. The fourth-order valence-corrected chi connectivity index (χ4v) is 1.14. The predicted octanol–water partition coefficient (Wildman–Crippen LogP) is 3.55. The Bertz CT molecular complexity index is 266. The van der Waals surface area contributed by atoms with E-state index in [9.17, 15) is 0 Å². The minimum atomic E-state index is -1.24. The summed E-state index contributed by atoms with van der Waals surface area (Å²) in [6.45, 7) is 8.05. The van der Waals surface area contributed by atoms with Gasteiger partial charge in [0.2, 0.25) is 0 Å². The van der Waals surface area contributed by atoms with Gasteiger partial charge in [-0.05, 0) is 22.9 Å². The van der Waals surface area contributed by atoms with Crippen LogP contribution < -0.4 is 0 Å². The number of hydrogen-bond acceptors (Lipinski definition) is 0. The van der Waals surface area contributed by atoms with Crippen LogP contribution in [0.25, 0.3) is 0 Å². The minimum absolute atomic E-state index is 0.138. The molecule has 0 saturated carbocycles. The van der Waals surface area contributed by atoms with Gasteiger partial charge in [-0.15, -0.1) is 0 Å². The summed E-state index contributed by atoms with van der Waals surface area (Å²) in [5.41, 5.74) is 2.12. The maximum absolute atomic E-state index is 7.57. The van der Waals surface area contributed by atoms with Crippen molar-refractivity contribution in [2.75, 3.05) is 0 Å². The summed E-state index contributed by atoms with van der Waals surface area (Å²) < 4.78 is 15.1. The number of benzene rings is 1. The molecule has 0 fully saturated rings. The molecule has 1 aromatic carbocycles. The van der Waals surface area contributed by atoms with Crippen LogP contribution in [0.2, 0.25) is 0 Å². The summed E-state index contributed by atoms with van der Waals surface area (Å²) in [7, 11) is 0. The van der Waals surface area contributed by atoms with Crippen LogP contribution in [0.5, 0.6) is 0 Å². The first-order chi connectivity index (χ1) is 6.21. The molecule has 1 aromatic rings. The van der Waals surface area contributed by atoms with Crippen molar-refractivity contribution in [3.63, 3.8) is 0 Å². The smallest absolute Gasteiger partial charge is 0.0313 e. The summed E-state index contributed by atoms with van der Waals surface area (Å²) in [5.74, 6) is 0. The lowest BCUT2D eigenvalue weighted by Gasteiger charge is -2.18. The fourth-order valence-electron chi connectivity index (χ4n) is 1.14. The molecule has 0 bridgehead atoms. The highest BCUT2D eigenvalue weighted by Gasteiger charge is 2.12. The third-order valence-corrected chi connectivity index (χ3v) is 2.04. The van der Waals surface area contributed by atoms with E-state index in [4.69, 9.17) is 2.74 Å². The second kappa shape index (κ2) is 3.30. The van der Waals surface area contributed by atoms with E-state index >= 15 is 0 Å². The molecule has 0 heteroatoms. The molecule has 0 aliphatic carbocycles. The molecule has 0 aliphatic rings. The first-order valence-electron chi connectivity index (χ1n) is 5.32. The van der Waals surface area contributed by atoms with Gasteiger partial charge in [0.25, 0.3) is 0 Å². The lowest BCUT2D eigenvalue weighted by atomic mass is 9.86. The van der Waals surface area contributed by atoms with Crippen LogP contribution in [0.4, 0.5) is 0 Å². The standard InChI is InChI=1S/C12H18/c1-5-10-6-8-11(9-7-10)12(2,3)4/h6-9H,5H2,1-4H3/i5D2. The van der Waals surface area contributed by atoms with Crippen LogP contribution in [0.15, 0.2) is 24.3 Å². The van der Waals surface area contributed by atoms with E-state index in [-0.39, 0.29) is 5.41 Å². The van der Waals surface area contributed by atoms with Crippen molar-refractivity contribution in [1.82, 2.24) is 0 Å². The highest BCUT2D eigenvalue weighted by atomic mass is 14.2. The lowest BCUT2D eigenvalue weighted by molar-refractivity contribution is 0.590. The molecule has 0 unspecified atom stereocenters. The van der Waals surface area contributed by atoms with Gasteiger partial charge in [0.15, 0.2) is 0 Å². The Hall–Kier alpha value is -0.780. The SMILES string of the molecule is [2H]C([2H])(C)c1ccc(C(C)(C)C)cc1. The topological polar surface area (TPSA) is 0 Å². The van der Waals surface area contributed by atoms with Gasteiger partial charge in [0, 0.05) is 2.74 Å². The van der Waals surface area contributed by atoms with E-state index in [1.807, 2.05) is 24.3 Å². The van der Waals surface area contributed by atoms with Gasteiger partial charge < -0.3 is 0 Å². The molecule has 0 N–H and O–H groups in total. The quantitative estimate of drug-likeness (QED) is 0.595. The van der Waals surface area contributed by atoms with E-state index in [1.54, 1.807) is 6.92 Å². The molecule has 0 aliphatic heterocycles. The van der Waals surface area contributed by atoms with Crippen LogP contribution in [0.1, 0.15) is 41.6 Å². The minimum Gasteiger partial charge on any atom is -0.0613 e. The number of rotatable bonds is 1. The van der Waals surface area contributed by atoms with Crippen molar-refractivity contribution in [3.8, 4) is 0 Å². The second-order valence-corrected chi connectivity index (χ2v) is 4.08. The molecule has 1 rings (SSSR count). The molecule has 0 heterocycles. The Labute approximate surface area is 78.4 Å². The zero-order valence-corrected chi connectivity index (χ0v) is 8.31. The van der Waals surface area contributed by atoms with Gasteiger partial charge in [0.1, 0.15) is 0 Å². The van der Waals surface area contributed by atoms with Crippen LogP contribution >= 0.6 is 0 Å². The zero-order chi connectivity index (χ0) is 11.0. The Balaban J connectivity index is 3.02. The summed E-state index contributed by atoms with van der Waals surface area (Å²) >= 11 is 0. The van der Waals surface area contributed by atoms with Gasteiger partial charge in [-0.25, -0.2) is 0 Å². The zero-order valence-electron chi connectivity index (χ0n) is 10.3. The number of aryl methyl sites for hydroxylation is 1. The van der Waals surface area contributed by atoms with Gasteiger partial charge in [-0.2, -0.15) is 0 Å². The van der Waals surface area contributed by atoms with Crippen molar-refractivity contribution in [2.45, 2.75) is 39.5 Å². The van der Waals surface area contributed by atoms with Gasteiger partial charge in [-0.1, -0.05) is 52.0 Å². The normalized spacial score (nSPS) is 15.3. The maximum Gasteiger partial charge on any atom is 0.0313 e. The summed E-state index contributed by atoms with van der Waals surface area (Å²) in [5, 5.41) is 0. The van der Waals surface area contributed by atoms with Crippen molar-refractivity contribution in [2.24, 2.45) is 0 Å². The Kier molecular flexibility index (Phi) is 1.85. The first kappa shape index (κ1) is 6.71. The van der Waals surface area contributed by atoms with E-state index in [0.29, 0.717) is 0 Å². The van der Waals surface area contributed by atoms with E-state index in [1.165, 1.54) is 5.56 Å². The number of hydrogen-bond donors (Lipinski definition) is 0. The largest absolute Gasteiger partial charge is 0.0613 e.